The molecular weight excluding hydrogens is 186 g/mol. The molecule has 0 aromatic rings. The van der Waals surface area contributed by atoms with Gasteiger partial charge < -0.3 is 0 Å². The third kappa shape index (κ3) is 2.39. The molecule has 2 rings (SSSR count). The molecule has 0 spiro atoms. The summed E-state index contributed by atoms with van der Waals surface area (Å²) in [6, 6.07) is 0. The van der Waals surface area contributed by atoms with E-state index in [-0.39, 0.29) is 0 Å². The van der Waals surface area contributed by atoms with Crippen molar-refractivity contribution in [3.05, 3.63) is 0 Å². The number of rotatable bonds is 1. The molecule has 2 aliphatic rings. The van der Waals surface area contributed by atoms with Crippen molar-refractivity contribution in [1.82, 2.24) is 5.43 Å². The Morgan fingerprint density at radius 2 is 2.13 bits per heavy atom. The van der Waals surface area contributed by atoms with Crippen molar-refractivity contribution in [2.24, 2.45) is 22.9 Å². The van der Waals surface area contributed by atoms with Crippen molar-refractivity contribution in [3.8, 4) is 0 Å². The molecule has 0 saturated heterocycles. The first-order valence-corrected chi connectivity index (χ1v) is 6.07. The highest BCUT2D eigenvalue weighted by Crippen LogP contribution is 2.32. The predicted octanol–water partition coefficient (Wildman–Crippen LogP) is 2.78. The van der Waals surface area contributed by atoms with E-state index in [0.29, 0.717) is 17.7 Å². The molecule has 84 valence electrons. The van der Waals surface area contributed by atoms with E-state index in [2.05, 4.69) is 24.4 Å². The van der Waals surface area contributed by atoms with Crippen LogP contribution < -0.4 is 5.43 Å². The fourth-order valence-electron chi connectivity index (χ4n) is 2.90. The molecule has 1 saturated carbocycles. The molecule has 0 aromatic heterocycles. The first kappa shape index (κ1) is 10.7. The summed E-state index contributed by atoms with van der Waals surface area (Å²) in [5, 5.41) is 11.9. The number of hydrazone groups is 1. The number of hydrogen-bond donors (Lipinski definition) is 2. The maximum atomic E-state index is 7.54. The lowest BCUT2D eigenvalue weighted by atomic mass is 9.76. The zero-order valence-electron chi connectivity index (χ0n) is 9.71. The first-order valence-electron chi connectivity index (χ1n) is 6.07. The normalized spacial score (nSPS) is 37.1. The van der Waals surface area contributed by atoms with Crippen LogP contribution in [0.2, 0.25) is 0 Å². The quantitative estimate of drug-likeness (QED) is 0.682. The molecular formula is C12H21N3. The van der Waals surface area contributed by atoms with E-state index in [1.807, 2.05) is 0 Å². The van der Waals surface area contributed by atoms with Gasteiger partial charge in [0.05, 0.1) is 0 Å². The van der Waals surface area contributed by atoms with E-state index in [9.17, 15) is 0 Å². The van der Waals surface area contributed by atoms with Crippen LogP contribution >= 0.6 is 0 Å². The zero-order chi connectivity index (χ0) is 10.8. The summed E-state index contributed by atoms with van der Waals surface area (Å²) in [6.45, 7) is 4.54. The second-order valence-electron chi connectivity index (χ2n) is 5.20. The lowest BCUT2D eigenvalue weighted by Gasteiger charge is -2.32. The molecule has 0 aromatic carbocycles. The molecule has 0 amide bonds. The van der Waals surface area contributed by atoms with Gasteiger partial charge >= 0.3 is 0 Å². The topological polar surface area (TPSA) is 48.2 Å². The van der Waals surface area contributed by atoms with Gasteiger partial charge in [0.1, 0.15) is 5.84 Å². The van der Waals surface area contributed by atoms with Gasteiger partial charge in [-0.15, -0.1) is 0 Å². The van der Waals surface area contributed by atoms with Crippen molar-refractivity contribution < 1.29 is 0 Å². The van der Waals surface area contributed by atoms with Gasteiger partial charge in [0.25, 0.3) is 0 Å². The summed E-state index contributed by atoms with van der Waals surface area (Å²) < 4.78 is 0. The minimum absolute atomic E-state index is 0.467. The molecule has 15 heavy (non-hydrogen) atoms. The molecule has 0 bridgehead atoms. The summed E-state index contributed by atoms with van der Waals surface area (Å²) in [5.41, 5.74) is 4.16. The highest BCUT2D eigenvalue weighted by atomic mass is 15.3. The largest absolute Gasteiger partial charge is 0.287 e. The maximum absolute atomic E-state index is 7.54. The highest BCUT2D eigenvalue weighted by molar-refractivity contribution is 5.96. The van der Waals surface area contributed by atoms with Crippen molar-refractivity contribution in [2.75, 3.05) is 0 Å². The second kappa shape index (κ2) is 4.33. The Bertz CT molecular complexity index is 283. The van der Waals surface area contributed by atoms with Gasteiger partial charge in [0, 0.05) is 18.1 Å². The minimum atomic E-state index is 0.467. The Kier molecular flexibility index (Phi) is 3.08. The number of hydrogen-bond acceptors (Lipinski definition) is 2. The smallest absolute Gasteiger partial charge is 0.114 e. The van der Waals surface area contributed by atoms with Crippen molar-refractivity contribution in [2.45, 2.75) is 46.0 Å². The highest BCUT2D eigenvalue weighted by Gasteiger charge is 2.29. The van der Waals surface area contributed by atoms with Crippen LogP contribution in [0, 0.1) is 23.2 Å². The van der Waals surface area contributed by atoms with E-state index in [4.69, 9.17) is 5.41 Å². The standard InChI is InChI=1S/C12H21N3/c1-8-4-3-5-10(6-8)12-9(2)7-11(13)14-15-12/h8-10H,3-7H2,1-2H3,(H2,13,14). The van der Waals surface area contributed by atoms with Crippen molar-refractivity contribution >= 4 is 11.5 Å². The van der Waals surface area contributed by atoms with Crippen LogP contribution in [0.15, 0.2) is 5.10 Å². The van der Waals surface area contributed by atoms with E-state index in [0.717, 1.165) is 12.3 Å². The van der Waals surface area contributed by atoms with Gasteiger partial charge in [-0.1, -0.05) is 26.7 Å². The van der Waals surface area contributed by atoms with Crippen LogP contribution in [-0.4, -0.2) is 11.5 Å². The van der Waals surface area contributed by atoms with Gasteiger partial charge in [-0.05, 0) is 24.7 Å². The average molecular weight is 207 g/mol. The van der Waals surface area contributed by atoms with Crippen molar-refractivity contribution in [3.63, 3.8) is 0 Å². The van der Waals surface area contributed by atoms with Crippen LogP contribution in [0.3, 0.4) is 0 Å². The molecule has 3 nitrogen and oxygen atoms in total. The fraction of sp³-hybridized carbons (Fsp3) is 0.833. The molecule has 0 radical (unpaired) electrons. The van der Waals surface area contributed by atoms with E-state index >= 15 is 0 Å². The summed E-state index contributed by atoms with van der Waals surface area (Å²) in [7, 11) is 0. The van der Waals surface area contributed by atoms with E-state index < -0.39 is 0 Å². The lowest BCUT2D eigenvalue weighted by molar-refractivity contribution is 0.331. The van der Waals surface area contributed by atoms with Crippen LogP contribution in [0.4, 0.5) is 0 Å². The summed E-state index contributed by atoms with van der Waals surface area (Å²) in [4.78, 5) is 0. The molecule has 1 heterocycles. The van der Waals surface area contributed by atoms with Crippen molar-refractivity contribution in [1.29, 1.82) is 5.41 Å². The fourth-order valence-corrected chi connectivity index (χ4v) is 2.90. The molecule has 3 unspecified atom stereocenters. The zero-order valence-corrected chi connectivity index (χ0v) is 9.71. The van der Waals surface area contributed by atoms with E-state index in [1.54, 1.807) is 0 Å². The van der Waals surface area contributed by atoms with Gasteiger partial charge in [0.15, 0.2) is 0 Å². The molecule has 2 N–H and O–H groups in total. The summed E-state index contributed by atoms with van der Waals surface area (Å²) >= 11 is 0. The van der Waals surface area contributed by atoms with Gasteiger partial charge in [0.2, 0.25) is 0 Å². The molecule has 1 aliphatic heterocycles. The molecule has 3 atom stereocenters. The molecule has 3 heteroatoms. The number of nitrogens with zero attached hydrogens (tertiary/aromatic N) is 1. The Morgan fingerprint density at radius 3 is 2.80 bits per heavy atom. The summed E-state index contributed by atoms with van der Waals surface area (Å²) in [5.74, 6) is 2.55. The Balaban J connectivity index is 2.05. The van der Waals surface area contributed by atoms with Crippen LogP contribution in [0.1, 0.15) is 46.0 Å². The second-order valence-corrected chi connectivity index (χ2v) is 5.20. The monoisotopic (exact) mass is 207 g/mol. The van der Waals surface area contributed by atoms with E-state index in [1.165, 1.54) is 31.4 Å². The minimum Gasteiger partial charge on any atom is -0.287 e. The first-order chi connectivity index (χ1) is 7.16. The van der Waals surface area contributed by atoms with Gasteiger partial charge in [-0.3, -0.25) is 10.8 Å². The third-order valence-electron chi connectivity index (χ3n) is 3.69. The van der Waals surface area contributed by atoms with Gasteiger partial charge in [-0.2, -0.15) is 5.10 Å². The van der Waals surface area contributed by atoms with Crippen LogP contribution in [-0.2, 0) is 0 Å². The Morgan fingerprint density at radius 1 is 1.33 bits per heavy atom. The maximum Gasteiger partial charge on any atom is 0.114 e. The lowest BCUT2D eigenvalue weighted by Crippen LogP contribution is -2.36. The molecule has 1 fully saturated rings. The third-order valence-corrected chi connectivity index (χ3v) is 3.69. The number of amidine groups is 1. The SMILES string of the molecule is CC1CCCC(C2=NNC(=N)CC2C)C1. The van der Waals surface area contributed by atoms with Crippen LogP contribution in [0.5, 0.6) is 0 Å². The Labute approximate surface area is 91.8 Å². The summed E-state index contributed by atoms with van der Waals surface area (Å²) in [6.07, 6.45) is 6.14. The average Bonchev–Trinajstić information content (AvgIpc) is 2.17. The Hall–Kier alpha value is -0.860. The predicted molar refractivity (Wildman–Crippen MR) is 63.2 cm³/mol. The molecule has 1 aliphatic carbocycles. The van der Waals surface area contributed by atoms with Gasteiger partial charge in [-0.25, -0.2) is 0 Å². The number of nitrogens with one attached hydrogen (secondary N) is 2. The van der Waals surface area contributed by atoms with Crippen LogP contribution in [0.25, 0.3) is 0 Å².